The van der Waals surface area contributed by atoms with Gasteiger partial charge in [-0.05, 0) is 62.6 Å². The Hall–Kier alpha value is -1.44. The highest BCUT2D eigenvalue weighted by Gasteiger charge is 2.34. The molecule has 0 radical (unpaired) electrons. The molecule has 1 aromatic carbocycles. The molecule has 6 nitrogen and oxygen atoms in total. The van der Waals surface area contributed by atoms with Crippen molar-refractivity contribution in [1.29, 1.82) is 0 Å². The van der Waals surface area contributed by atoms with E-state index in [1.807, 2.05) is 6.92 Å². The summed E-state index contributed by atoms with van der Waals surface area (Å²) >= 11 is 0. The van der Waals surface area contributed by atoms with Gasteiger partial charge in [-0.25, -0.2) is 8.42 Å². The summed E-state index contributed by atoms with van der Waals surface area (Å²) < 4.78 is 27.6. The third-order valence-corrected chi connectivity index (χ3v) is 9.23. The summed E-state index contributed by atoms with van der Waals surface area (Å²) in [5.74, 6) is 1.62. The van der Waals surface area contributed by atoms with E-state index in [1.165, 1.54) is 37.0 Å². The van der Waals surface area contributed by atoms with Crippen LogP contribution < -0.4 is 10.2 Å². The maximum atomic E-state index is 13.0. The molecule has 1 aromatic rings. The first-order valence-electron chi connectivity index (χ1n) is 11.7. The van der Waals surface area contributed by atoms with Gasteiger partial charge < -0.3 is 10.2 Å². The maximum Gasteiger partial charge on any atom is 0.279 e. The highest BCUT2D eigenvalue weighted by Crippen LogP contribution is 2.32. The third kappa shape index (κ3) is 4.89. The summed E-state index contributed by atoms with van der Waals surface area (Å²) in [6, 6.07) is 5.10. The van der Waals surface area contributed by atoms with Crippen molar-refractivity contribution in [2.24, 2.45) is 11.8 Å². The Bertz CT molecular complexity index is 864. The van der Waals surface area contributed by atoms with E-state index in [-0.39, 0.29) is 10.8 Å². The van der Waals surface area contributed by atoms with Gasteiger partial charge in [-0.3, -0.25) is 4.79 Å². The molecule has 30 heavy (non-hydrogen) atoms. The lowest BCUT2D eigenvalue weighted by atomic mass is 9.75. The topological polar surface area (TPSA) is 70.9 Å². The van der Waals surface area contributed by atoms with Gasteiger partial charge in [0.2, 0.25) is 10.0 Å². The lowest BCUT2D eigenvalue weighted by Crippen LogP contribution is -3.15. The molecule has 4 rings (SSSR count). The van der Waals surface area contributed by atoms with Gasteiger partial charge in [0.25, 0.3) is 5.91 Å². The minimum atomic E-state index is -3.50. The Morgan fingerprint density at radius 1 is 1.07 bits per heavy atom. The second-order valence-corrected chi connectivity index (χ2v) is 11.4. The monoisotopic (exact) mass is 434 g/mol. The van der Waals surface area contributed by atoms with E-state index in [0.717, 1.165) is 49.8 Å². The molecule has 2 aliphatic heterocycles. The molecular formula is C23H36N3O3S+. The van der Waals surface area contributed by atoms with Crippen molar-refractivity contribution in [2.75, 3.05) is 38.0 Å². The predicted octanol–water partition coefficient (Wildman–Crippen LogP) is 2.20. The molecule has 1 unspecified atom stereocenters. The number of fused-ring (bicyclic) bond motifs is 1. The van der Waals surface area contributed by atoms with Crippen LogP contribution in [0.25, 0.3) is 0 Å². The molecule has 1 amide bonds. The number of piperidine rings is 2. The number of amides is 1. The van der Waals surface area contributed by atoms with Gasteiger partial charge in [0.1, 0.15) is 0 Å². The minimum absolute atomic E-state index is 0.0186. The largest absolute Gasteiger partial charge is 0.327 e. The van der Waals surface area contributed by atoms with Crippen LogP contribution in [0.2, 0.25) is 0 Å². The quantitative estimate of drug-likeness (QED) is 0.746. The van der Waals surface area contributed by atoms with Crippen molar-refractivity contribution >= 4 is 21.6 Å². The number of quaternary nitrogens is 1. The molecule has 1 saturated carbocycles. The van der Waals surface area contributed by atoms with E-state index in [9.17, 15) is 13.2 Å². The summed E-state index contributed by atoms with van der Waals surface area (Å²) in [6.07, 6.45) is 9.51. The van der Waals surface area contributed by atoms with Crippen LogP contribution in [0.15, 0.2) is 23.1 Å². The smallest absolute Gasteiger partial charge is 0.279 e. The second kappa shape index (κ2) is 9.37. The molecule has 3 aliphatic rings. The molecule has 2 N–H and O–H groups in total. The fourth-order valence-corrected chi connectivity index (χ4v) is 7.07. The highest BCUT2D eigenvalue weighted by molar-refractivity contribution is 7.89. The van der Waals surface area contributed by atoms with Gasteiger partial charge in [0.05, 0.1) is 18.0 Å². The molecule has 0 spiro atoms. The number of aryl methyl sites for hydroxylation is 1. The van der Waals surface area contributed by atoms with E-state index >= 15 is 0 Å². The van der Waals surface area contributed by atoms with Gasteiger partial charge in [0.15, 0.2) is 6.54 Å². The van der Waals surface area contributed by atoms with Crippen LogP contribution in [0.1, 0.15) is 56.9 Å². The van der Waals surface area contributed by atoms with E-state index in [0.29, 0.717) is 25.3 Å². The highest BCUT2D eigenvalue weighted by atomic mass is 32.2. The number of hydrogen-bond donors (Lipinski definition) is 2. The number of nitrogens with one attached hydrogen (secondary N) is 2. The van der Waals surface area contributed by atoms with E-state index < -0.39 is 10.0 Å². The first kappa shape index (κ1) is 21.8. The average Bonchev–Trinajstić information content (AvgIpc) is 2.75. The average molecular weight is 435 g/mol. The second-order valence-electron chi connectivity index (χ2n) is 9.46. The zero-order valence-electron chi connectivity index (χ0n) is 18.2. The minimum Gasteiger partial charge on any atom is -0.327 e. The first-order chi connectivity index (χ1) is 14.4. The normalized spacial score (nSPS) is 28.0. The Morgan fingerprint density at radius 3 is 2.57 bits per heavy atom. The number of anilines is 1. The van der Waals surface area contributed by atoms with Crippen LogP contribution in [-0.2, 0) is 14.8 Å². The van der Waals surface area contributed by atoms with Crippen molar-refractivity contribution in [3.8, 4) is 0 Å². The SMILES string of the molecule is Cc1ccc(S(=O)(=O)N2CCCCC2)cc1NC(=O)C[NH+]1CC[C@@H]2CCCC[C@@H]2C1. The molecular weight excluding hydrogens is 398 g/mol. The summed E-state index contributed by atoms with van der Waals surface area (Å²) in [6.45, 7) is 5.70. The van der Waals surface area contributed by atoms with Crippen LogP contribution in [0.4, 0.5) is 5.69 Å². The van der Waals surface area contributed by atoms with Crippen LogP contribution in [0, 0.1) is 18.8 Å². The summed E-state index contributed by atoms with van der Waals surface area (Å²) in [7, 11) is -3.50. The molecule has 7 heteroatoms. The molecule has 0 aromatic heterocycles. The Balaban J connectivity index is 1.40. The number of benzene rings is 1. The van der Waals surface area contributed by atoms with Gasteiger partial charge in [-0.2, -0.15) is 4.31 Å². The van der Waals surface area contributed by atoms with E-state index in [2.05, 4.69) is 5.32 Å². The molecule has 3 atom stereocenters. The van der Waals surface area contributed by atoms with E-state index in [1.54, 1.807) is 22.5 Å². The molecule has 1 aliphatic carbocycles. The number of carbonyl (C=O) groups is 1. The van der Waals surface area contributed by atoms with Crippen molar-refractivity contribution in [3.05, 3.63) is 23.8 Å². The van der Waals surface area contributed by atoms with Gasteiger partial charge >= 0.3 is 0 Å². The number of rotatable bonds is 5. The molecule has 2 saturated heterocycles. The van der Waals surface area contributed by atoms with Gasteiger partial charge in [-0.1, -0.05) is 25.3 Å². The fraction of sp³-hybridized carbons (Fsp3) is 0.696. The van der Waals surface area contributed by atoms with Gasteiger partial charge in [0, 0.05) is 24.7 Å². The zero-order chi connectivity index (χ0) is 21.1. The van der Waals surface area contributed by atoms with Crippen molar-refractivity contribution in [1.82, 2.24) is 4.31 Å². The van der Waals surface area contributed by atoms with Crippen LogP contribution >= 0.6 is 0 Å². The number of sulfonamides is 1. The fourth-order valence-electron chi connectivity index (χ4n) is 5.53. The van der Waals surface area contributed by atoms with Crippen LogP contribution in [0.3, 0.4) is 0 Å². The standard InChI is InChI=1S/C23H35N3O3S/c1-18-9-10-21(30(28,29)26-12-5-2-6-13-26)15-22(18)24-23(27)17-25-14-11-19-7-3-4-8-20(19)16-25/h9-10,15,19-20H,2-8,11-14,16-17H2,1H3,(H,24,27)/p+1/t19-,20+/m0/s1. The van der Waals surface area contributed by atoms with Crippen molar-refractivity contribution in [2.45, 2.75) is 63.2 Å². The van der Waals surface area contributed by atoms with Crippen LogP contribution in [0.5, 0.6) is 0 Å². The lowest BCUT2D eigenvalue weighted by Gasteiger charge is -2.38. The number of likely N-dealkylation sites (tertiary alicyclic amines) is 1. The predicted molar refractivity (Wildman–Crippen MR) is 118 cm³/mol. The van der Waals surface area contributed by atoms with Gasteiger partial charge in [-0.15, -0.1) is 0 Å². The molecule has 0 bridgehead atoms. The summed E-state index contributed by atoms with van der Waals surface area (Å²) in [5.41, 5.74) is 1.51. The van der Waals surface area contributed by atoms with E-state index in [4.69, 9.17) is 0 Å². The zero-order valence-corrected chi connectivity index (χ0v) is 19.0. The number of nitrogens with zero attached hydrogens (tertiary/aromatic N) is 1. The number of hydrogen-bond acceptors (Lipinski definition) is 3. The Kier molecular flexibility index (Phi) is 6.80. The Morgan fingerprint density at radius 2 is 1.80 bits per heavy atom. The van der Waals surface area contributed by atoms with Crippen LogP contribution in [-0.4, -0.2) is 51.4 Å². The molecule has 166 valence electrons. The first-order valence-corrected chi connectivity index (χ1v) is 13.1. The maximum absolute atomic E-state index is 13.0. The van der Waals surface area contributed by atoms with Crippen molar-refractivity contribution in [3.63, 3.8) is 0 Å². The van der Waals surface area contributed by atoms with Crippen molar-refractivity contribution < 1.29 is 18.1 Å². The Labute approximate surface area is 181 Å². The third-order valence-electron chi connectivity index (χ3n) is 7.33. The summed E-state index contributed by atoms with van der Waals surface area (Å²) in [4.78, 5) is 14.4. The number of carbonyl (C=O) groups excluding carboxylic acids is 1. The molecule has 2 heterocycles. The lowest BCUT2D eigenvalue weighted by molar-refractivity contribution is -0.902. The summed E-state index contributed by atoms with van der Waals surface area (Å²) in [5, 5.41) is 3.00. The molecule has 3 fully saturated rings.